The number of nitrogens with one attached hydrogen (secondary N) is 1. The molecule has 0 bridgehead atoms. The molecule has 6 heteroatoms. The van der Waals surface area contributed by atoms with Gasteiger partial charge in [0.05, 0.1) is 6.61 Å². The second-order valence-corrected chi connectivity index (χ2v) is 5.13. The van der Waals surface area contributed by atoms with Crippen LogP contribution in [0.3, 0.4) is 0 Å². The molecule has 0 aromatic heterocycles. The summed E-state index contributed by atoms with van der Waals surface area (Å²) in [5.41, 5.74) is 10.8. The van der Waals surface area contributed by atoms with Gasteiger partial charge in [0.2, 0.25) is 5.91 Å². The predicted molar refractivity (Wildman–Crippen MR) is 77.4 cm³/mol. The average molecular weight is 279 g/mol. The summed E-state index contributed by atoms with van der Waals surface area (Å²) < 4.78 is 5.40. The summed E-state index contributed by atoms with van der Waals surface area (Å²) in [7, 11) is 0. The second kappa shape index (κ2) is 6.27. The summed E-state index contributed by atoms with van der Waals surface area (Å²) in [6, 6.07) is 5.01. The maximum atomic E-state index is 12.3. The third-order valence-corrected chi connectivity index (χ3v) is 2.65. The number of nitrogens with two attached hydrogens (primary N) is 2. The van der Waals surface area contributed by atoms with Gasteiger partial charge in [0.1, 0.15) is 11.3 Å². The van der Waals surface area contributed by atoms with Gasteiger partial charge in [0, 0.05) is 17.6 Å². The Balaban J connectivity index is 3.00. The molecule has 0 aliphatic heterocycles. The fourth-order valence-electron chi connectivity index (χ4n) is 1.92. The van der Waals surface area contributed by atoms with Crippen molar-refractivity contribution in [3.8, 4) is 5.75 Å². The molecule has 2 amide bonds. The lowest BCUT2D eigenvalue weighted by Crippen LogP contribution is -2.46. The van der Waals surface area contributed by atoms with Gasteiger partial charge in [-0.2, -0.15) is 0 Å². The maximum Gasteiger partial charge on any atom is 0.257 e. The molecule has 0 unspecified atom stereocenters. The SMILES string of the molecule is CCOc1cccc(N)c1C(=O)NC(C)(C)CC(N)=O. The smallest absolute Gasteiger partial charge is 0.257 e. The van der Waals surface area contributed by atoms with Crippen molar-refractivity contribution in [2.45, 2.75) is 32.7 Å². The Hall–Kier alpha value is -2.24. The zero-order valence-electron chi connectivity index (χ0n) is 12.0. The number of benzene rings is 1. The van der Waals surface area contributed by atoms with Crippen molar-refractivity contribution < 1.29 is 14.3 Å². The molecular weight excluding hydrogens is 258 g/mol. The highest BCUT2D eigenvalue weighted by Crippen LogP contribution is 2.25. The highest BCUT2D eigenvalue weighted by molar-refractivity contribution is 6.02. The summed E-state index contributed by atoms with van der Waals surface area (Å²) in [4.78, 5) is 23.3. The summed E-state index contributed by atoms with van der Waals surface area (Å²) in [5.74, 6) is -0.459. The van der Waals surface area contributed by atoms with Crippen molar-refractivity contribution in [3.63, 3.8) is 0 Å². The molecule has 0 aliphatic rings. The van der Waals surface area contributed by atoms with E-state index in [1.54, 1.807) is 32.0 Å². The van der Waals surface area contributed by atoms with Crippen LogP contribution in [0.2, 0.25) is 0 Å². The number of hydrogen-bond donors (Lipinski definition) is 3. The van der Waals surface area contributed by atoms with Gasteiger partial charge in [-0.05, 0) is 32.9 Å². The monoisotopic (exact) mass is 279 g/mol. The van der Waals surface area contributed by atoms with Gasteiger partial charge in [0.15, 0.2) is 0 Å². The first kappa shape index (κ1) is 15.8. The Bertz CT molecular complexity index is 512. The van der Waals surface area contributed by atoms with E-state index >= 15 is 0 Å². The number of nitrogen functional groups attached to an aromatic ring is 1. The van der Waals surface area contributed by atoms with Gasteiger partial charge in [-0.15, -0.1) is 0 Å². The highest BCUT2D eigenvalue weighted by Gasteiger charge is 2.26. The second-order valence-electron chi connectivity index (χ2n) is 5.13. The van der Waals surface area contributed by atoms with E-state index in [1.807, 2.05) is 6.92 Å². The minimum Gasteiger partial charge on any atom is -0.493 e. The maximum absolute atomic E-state index is 12.3. The molecule has 1 aromatic carbocycles. The highest BCUT2D eigenvalue weighted by atomic mass is 16.5. The molecule has 0 radical (unpaired) electrons. The molecule has 1 aromatic rings. The number of carbonyl (C=O) groups excluding carboxylic acids is 2. The predicted octanol–water partition coefficient (Wildman–Crippen LogP) is 1.05. The van der Waals surface area contributed by atoms with Crippen molar-refractivity contribution in [1.82, 2.24) is 5.32 Å². The van der Waals surface area contributed by atoms with Crippen LogP contribution < -0.4 is 21.5 Å². The molecule has 0 fully saturated rings. The number of amides is 2. The van der Waals surface area contributed by atoms with Crippen LogP contribution in [-0.2, 0) is 4.79 Å². The van der Waals surface area contributed by atoms with Crippen LogP contribution in [0.15, 0.2) is 18.2 Å². The number of anilines is 1. The molecule has 5 N–H and O–H groups in total. The number of ether oxygens (including phenoxy) is 1. The quantitative estimate of drug-likeness (QED) is 0.676. The summed E-state index contributed by atoms with van der Waals surface area (Å²) in [6.07, 6.45) is 0.0371. The summed E-state index contributed by atoms with van der Waals surface area (Å²) >= 11 is 0. The molecule has 0 atom stereocenters. The van der Waals surface area contributed by atoms with Gasteiger partial charge in [-0.25, -0.2) is 0 Å². The van der Waals surface area contributed by atoms with Crippen molar-refractivity contribution in [2.75, 3.05) is 12.3 Å². The largest absolute Gasteiger partial charge is 0.493 e. The molecule has 20 heavy (non-hydrogen) atoms. The molecule has 0 saturated carbocycles. The van der Waals surface area contributed by atoms with E-state index in [2.05, 4.69) is 5.32 Å². The number of hydrogen-bond acceptors (Lipinski definition) is 4. The number of carbonyl (C=O) groups is 2. The zero-order chi connectivity index (χ0) is 15.3. The van der Waals surface area contributed by atoms with Crippen LogP contribution in [-0.4, -0.2) is 24.0 Å². The van der Waals surface area contributed by atoms with E-state index in [0.29, 0.717) is 18.0 Å². The number of rotatable bonds is 6. The van der Waals surface area contributed by atoms with Gasteiger partial charge in [-0.3, -0.25) is 9.59 Å². The molecule has 1 rings (SSSR count). The van der Waals surface area contributed by atoms with Gasteiger partial charge in [0.25, 0.3) is 5.91 Å². The van der Waals surface area contributed by atoms with Crippen molar-refractivity contribution in [1.29, 1.82) is 0 Å². The Morgan fingerprint density at radius 1 is 1.35 bits per heavy atom. The molecule has 0 heterocycles. The minimum absolute atomic E-state index is 0.0371. The fraction of sp³-hybridized carbons (Fsp3) is 0.429. The molecule has 0 aliphatic carbocycles. The van der Waals surface area contributed by atoms with Crippen LogP contribution in [0.25, 0.3) is 0 Å². The van der Waals surface area contributed by atoms with E-state index in [4.69, 9.17) is 16.2 Å². The lowest BCUT2D eigenvalue weighted by Gasteiger charge is -2.25. The van der Waals surface area contributed by atoms with E-state index in [1.165, 1.54) is 0 Å². The van der Waals surface area contributed by atoms with E-state index in [-0.39, 0.29) is 12.0 Å². The third-order valence-electron chi connectivity index (χ3n) is 2.65. The lowest BCUT2D eigenvalue weighted by atomic mass is 9.99. The average Bonchev–Trinajstić information content (AvgIpc) is 2.26. The molecule has 0 spiro atoms. The molecular formula is C14H21N3O3. The Labute approximate surface area is 118 Å². The first-order valence-corrected chi connectivity index (χ1v) is 6.39. The Morgan fingerprint density at radius 2 is 2.00 bits per heavy atom. The molecule has 110 valence electrons. The van der Waals surface area contributed by atoms with E-state index < -0.39 is 17.4 Å². The first-order valence-electron chi connectivity index (χ1n) is 6.39. The third kappa shape index (κ3) is 4.15. The van der Waals surface area contributed by atoms with Crippen LogP contribution in [0.1, 0.15) is 37.6 Å². The van der Waals surface area contributed by atoms with Gasteiger partial charge in [-0.1, -0.05) is 6.07 Å². The zero-order valence-corrected chi connectivity index (χ0v) is 12.0. The van der Waals surface area contributed by atoms with Gasteiger partial charge >= 0.3 is 0 Å². The normalized spacial score (nSPS) is 10.9. The van der Waals surface area contributed by atoms with E-state index in [9.17, 15) is 9.59 Å². The van der Waals surface area contributed by atoms with Crippen LogP contribution in [0.4, 0.5) is 5.69 Å². The van der Waals surface area contributed by atoms with Crippen molar-refractivity contribution in [2.24, 2.45) is 5.73 Å². The summed E-state index contributed by atoms with van der Waals surface area (Å²) in [5, 5.41) is 2.74. The van der Waals surface area contributed by atoms with Gasteiger partial charge < -0.3 is 21.5 Å². The first-order chi connectivity index (χ1) is 9.26. The van der Waals surface area contributed by atoms with Crippen molar-refractivity contribution in [3.05, 3.63) is 23.8 Å². The summed E-state index contributed by atoms with van der Waals surface area (Å²) in [6.45, 7) is 5.68. The lowest BCUT2D eigenvalue weighted by molar-refractivity contribution is -0.119. The Kier molecular flexibility index (Phi) is 4.96. The van der Waals surface area contributed by atoms with Crippen LogP contribution >= 0.6 is 0 Å². The number of primary amides is 1. The fourth-order valence-corrected chi connectivity index (χ4v) is 1.92. The van der Waals surface area contributed by atoms with Crippen molar-refractivity contribution >= 4 is 17.5 Å². The topological polar surface area (TPSA) is 107 Å². The molecule has 0 saturated heterocycles. The van der Waals surface area contributed by atoms with E-state index in [0.717, 1.165) is 0 Å². The molecule has 6 nitrogen and oxygen atoms in total. The Morgan fingerprint density at radius 3 is 2.55 bits per heavy atom. The van der Waals surface area contributed by atoms with Crippen LogP contribution in [0, 0.1) is 0 Å². The van der Waals surface area contributed by atoms with Crippen LogP contribution in [0.5, 0.6) is 5.75 Å². The minimum atomic E-state index is -0.755. The standard InChI is InChI=1S/C14H21N3O3/c1-4-20-10-7-5-6-9(15)12(10)13(19)17-14(2,3)8-11(16)18/h5-7H,4,8,15H2,1-3H3,(H2,16,18)(H,17,19).